The van der Waals surface area contributed by atoms with E-state index in [0.29, 0.717) is 17.8 Å². The van der Waals surface area contributed by atoms with Crippen molar-refractivity contribution < 1.29 is 46.7 Å². The second-order valence-electron chi connectivity index (χ2n) is 8.85. The number of carbonyl (C=O) groups excluding carboxylic acids is 2. The van der Waals surface area contributed by atoms with Crippen molar-refractivity contribution in [3.63, 3.8) is 0 Å². The van der Waals surface area contributed by atoms with E-state index in [0.717, 1.165) is 7.11 Å². The van der Waals surface area contributed by atoms with Gasteiger partial charge in [-0.05, 0) is 20.8 Å². The lowest BCUT2D eigenvalue weighted by Crippen LogP contribution is -2.46. The highest BCUT2D eigenvalue weighted by Crippen LogP contribution is 2.58. The predicted octanol–water partition coefficient (Wildman–Crippen LogP) is 1.56. The number of ether oxygens (including phenoxy) is 4. The van der Waals surface area contributed by atoms with Crippen LogP contribution in [0.1, 0.15) is 33.9 Å². The van der Waals surface area contributed by atoms with Gasteiger partial charge in [0.2, 0.25) is 11.8 Å². The average molecular weight is 558 g/mol. The minimum absolute atomic E-state index is 0.00867. The van der Waals surface area contributed by atoms with Crippen LogP contribution in [0.4, 0.5) is 10.7 Å². The number of rotatable bonds is 9. The molecule has 0 saturated carbocycles. The van der Waals surface area contributed by atoms with Gasteiger partial charge in [-0.2, -0.15) is 9.97 Å². The molecule has 2 aliphatic heterocycles. The molecule has 0 spiro atoms. The number of phosphoric acid groups is 1. The van der Waals surface area contributed by atoms with Gasteiger partial charge in [-0.1, -0.05) is 6.92 Å². The van der Waals surface area contributed by atoms with Crippen molar-refractivity contribution in [3.8, 4) is 5.88 Å². The molecule has 0 bridgehead atoms. The van der Waals surface area contributed by atoms with Crippen LogP contribution in [0, 0.1) is 5.92 Å². The van der Waals surface area contributed by atoms with Crippen molar-refractivity contribution >= 4 is 37.0 Å². The summed E-state index contributed by atoms with van der Waals surface area (Å²) in [5.74, 6) is -0.904. The number of anilines is 1. The third-order valence-corrected chi connectivity index (χ3v) is 7.20. The smallest absolute Gasteiger partial charge is 0.475 e. The number of nitrogens with one attached hydrogen (secondary N) is 1. The number of hydrogen-bond donors (Lipinski definition) is 2. The number of methoxy groups -OCH3 is 1. The van der Waals surface area contributed by atoms with Crippen molar-refractivity contribution in [3.05, 3.63) is 6.33 Å². The quantitative estimate of drug-likeness (QED) is 0.332. The van der Waals surface area contributed by atoms with Crippen LogP contribution in [0.5, 0.6) is 5.88 Å². The molecule has 16 nitrogen and oxygen atoms in total. The van der Waals surface area contributed by atoms with Crippen molar-refractivity contribution in [2.24, 2.45) is 5.92 Å². The van der Waals surface area contributed by atoms with Gasteiger partial charge >= 0.3 is 19.9 Å². The molecular weight excluding hydrogens is 527 g/mol. The van der Waals surface area contributed by atoms with Crippen molar-refractivity contribution in [1.82, 2.24) is 24.8 Å². The number of nitrogens with two attached hydrogens (primary N) is 1. The molecule has 2 aromatic heterocycles. The maximum Gasteiger partial charge on any atom is 0.475 e. The number of fused-ring (bicyclic) bond motifs is 2. The lowest BCUT2D eigenvalue weighted by molar-refractivity contribution is -0.150. The molecule has 2 aliphatic rings. The molecule has 17 heteroatoms. The maximum atomic E-state index is 13.3. The average Bonchev–Trinajstić information content (AvgIpc) is 3.41. The SMILES string of the molecule is CCOc1nc(N)nc2c1ncn2[C@@H]1O[C@@H]2CO[P@@](=O)(OC[C@H](NC(=O)OC)C(=O)OC(C)C)O[C@H]2[C@@H]1C. The van der Waals surface area contributed by atoms with Crippen molar-refractivity contribution in [1.29, 1.82) is 0 Å². The zero-order valence-electron chi connectivity index (χ0n) is 21.6. The molecule has 0 aromatic carbocycles. The second kappa shape index (κ2) is 11.4. The highest BCUT2D eigenvalue weighted by Gasteiger charge is 2.52. The first kappa shape index (κ1) is 28.0. The van der Waals surface area contributed by atoms with E-state index in [4.69, 9.17) is 33.5 Å². The van der Waals surface area contributed by atoms with E-state index in [1.54, 1.807) is 18.4 Å². The number of hydrogen-bond acceptors (Lipinski definition) is 14. The zero-order valence-corrected chi connectivity index (χ0v) is 22.5. The van der Waals surface area contributed by atoms with Crippen LogP contribution in [0.15, 0.2) is 6.33 Å². The second-order valence-corrected chi connectivity index (χ2v) is 10.5. The minimum Gasteiger partial charge on any atom is -0.476 e. The summed E-state index contributed by atoms with van der Waals surface area (Å²) < 4.78 is 52.9. The molecule has 4 rings (SSSR count). The first-order valence-electron chi connectivity index (χ1n) is 12.0. The van der Waals surface area contributed by atoms with Crippen LogP contribution < -0.4 is 15.8 Å². The summed E-state index contributed by atoms with van der Waals surface area (Å²) in [5, 5.41) is 2.28. The van der Waals surface area contributed by atoms with Crippen molar-refractivity contribution in [2.75, 3.05) is 32.7 Å². The number of aromatic nitrogens is 4. The highest BCUT2D eigenvalue weighted by atomic mass is 31.2. The highest BCUT2D eigenvalue weighted by molar-refractivity contribution is 7.48. The largest absolute Gasteiger partial charge is 0.476 e. The number of carbonyl (C=O) groups is 2. The number of alkyl carbamates (subject to hydrolysis) is 1. The number of imidazole rings is 1. The van der Waals surface area contributed by atoms with Crippen LogP contribution in [0.3, 0.4) is 0 Å². The molecule has 2 fully saturated rings. The van der Waals surface area contributed by atoms with Gasteiger partial charge in [0.05, 0.1) is 39.4 Å². The summed E-state index contributed by atoms with van der Waals surface area (Å²) in [6.45, 7) is 6.65. The molecule has 0 aliphatic carbocycles. The fourth-order valence-electron chi connectivity index (χ4n) is 4.09. The van der Waals surface area contributed by atoms with Crippen LogP contribution in [-0.2, 0) is 37.1 Å². The van der Waals surface area contributed by atoms with E-state index in [1.165, 1.54) is 6.33 Å². The maximum absolute atomic E-state index is 13.3. The van der Waals surface area contributed by atoms with Gasteiger partial charge in [-0.15, -0.1) is 0 Å². The lowest BCUT2D eigenvalue weighted by atomic mass is 10.0. The number of nitrogen functional groups attached to an aromatic ring is 1. The summed E-state index contributed by atoms with van der Waals surface area (Å²) in [6, 6.07) is -1.31. The predicted molar refractivity (Wildman–Crippen MR) is 129 cm³/mol. The van der Waals surface area contributed by atoms with Crippen molar-refractivity contribution in [2.45, 2.75) is 58.3 Å². The van der Waals surface area contributed by atoms with Gasteiger partial charge < -0.3 is 30.0 Å². The summed E-state index contributed by atoms with van der Waals surface area (Å²) in [7, 11) is -3.01. The Hall–Kier alpha value is -3.04. The first-order chi connectivity index (χ1) is 18.0. The van der Waals surface area contributed by atoms with E-state index in [9.17, 15) is 14.2 Å². The van der Waals surface area contributed by atoms with Gasteiger partial charge in [0, 0.05) is 5.92 Å². The van der Waals surface area contributed by atoms with Crippen LogP contribution in [0.25, 0.3) is 11.2 Å². The molecule has 3 N–H and O–H groups in total. The Labute approximate surface area is 218 Å². The fourth-order valence-corrected chi connectivity index (χ4v) is 5.57. The summed E-state index contributed by atoms with van der Waals surface area (Å²) >= 11 is 0. The Morgan fingerprint density at radius 3 is 2.79 bits per heavy atom. The molecule has 210 valence electrons. The van der Waals surface area contributed by atoms with Gasteiger partial charge in [-0.3, -0.25) is 18.1 Å². The van der Waals surface area contributed by atoms with E-state index < -0.39 is 57.1 Å². The lowest BCUT2D eigenvalue weighted by Gasteiger charge is -2.32. The Bertz CT molecular complexity index is 1220. The Kier molecular flexibility index (Phi) is 8.37. The Morgan fingerprint density at radius 2 is 2.11 bits per heavy atom. The molecule has 1 amide bonds. The van der Waals surface area contributed by atoms with Crippen LogP contribution >= 0.6 is 7.82 Å². The normalized spacial score (nSPS) is 27.6. The number of nitrogens with zero attached hydrogens (tertiary/aromatic N) is 4. The van der Waals surface area contributed by atoms with Gasteiger partial charge in [0.25, 0.3) is 0 Å². The molecule has 2 saturated heterocycles. The molecule has 0 unspecified atom stereocenters. The molecule has 2 aromatic rings. The topological polar surface area (TPSA) is 197 Å². The Balaban J connectivity index is 1.48. The van der Waals surface area contributed by atoms with E-state index >= 15 is 0 Å². The minimum atomic E-state index is -4.15. The van der Waals surface area contributed by atoms with Crippen LogP contribution in [-0.4, -0.2) is 82.9 Å². The van der Waals surface area contributed by atoms with Gasteiger partial charge in [0.15, 0.2) is 17.2 Å². The van der Waals surface area contributed by atoms with E-state index in [1.807, 2.05) is 13.8 Å². The van der Waals surface area contributed by atoms with E-state index in [-0.39, 0.29) is 24.4 Å². The first-order valence-corrected chi connectivity index (χ1v) is 13.4. The molecule has 6 atom stereocenters. The summed E-state index contributed by atoms with van der Waals surface area (Å²) in [4.78, 5) is 36.8. The molecule has 38 heavy (non-hydrogen) atoms. The van der Waals surface area contributed by atoms with E-state index in [2.05, 4.69) is 25.0 Å². The third-order valence-electron chi connectivity index (χ3n) is 5.77. The van der Waals surface area contributed by atoms with Gasteiger partial charge in [-0.25, -0.2) is 19.1 Å². The number of esters is 1. The molecule has 0 radical (unpaired) electrons. The molecular formula is C21H31N6O10P. The zero-order chi connectivity index (χ0) is 27.6. The summed E-state index contributed by atoms with van der Waals surface area (Å²) in [6.07, 6.45) is -1.73. The Morgan fingerprint density at radius 1 is 1.34 bits per heavy atom. The standard InChI is InChI=1S/C21H31N6O10P/c1-6-32-17-14-16(25-20(22)26-17)27(9-23-14)18-11(4)15-13(36-18)8-34-38(30,37-15)33-7-12(24-21(29)31-5)19(28)35-10(2)3/h9-13,15,18H,6-8H2,1-5H3,(H,24,29)(H2,22,25,26)/t11-,12-,13+,15-,18+,38+/m0/s1. The number of phosphoric ester groups is 1. The summed E-state index contributed by atoms with van der Waals surface area (Å²) in [5.41, 5.74) is 6.68. The van der Waals surface area contributed by atoms with Gasteiger partial charge in [0.1, 0.15) is 18.4 Å². The monoisotopic (exact) mass is 558 g/mol. The third kappa shape index (κ3) is 5.83. The molecule has 4 heterocycles. The fraction of sp³-hybridized carbons (Fsp3) is 0.667. The van der Waals surface area contributed by atoms with Crippen LogP contribution in [0.2, 0.25) is 0 Å². The number of amides is 1.